The zero-order chi connectivity index (χ0) is 12.8. The summed E-state index contributed by atoms with van der Waals surface area (Å²) in [5.41, 5.74) is 1.56. The number of hydrogen-bond donors (Lipinski definition) is 2. The molecule has 1 aromatic rings. The van der Waals surface area contributed by atoms with E-state index < -0.39 is 6.10 Å². The predicted octanol–water partition coefficient (Wildman–Crippen LogP) is 1.50. The number of aliphatic hydroxyl groups excluding tert-OH is 1. The molecule has 17 heavy (non-hydrogen) atoms. The molecule has 1 amide bonds. The summed E-state index contributed by atoms with van der Waals surface area (Å²) in [5, 5.41) is 11.8. The molecule has 0 bridgehead atoms. The topological polar surface area (TPSA) is 58.6 Å². The Balaban J connectivity index is 2.63. The van der Waals surface area contributed by atoms with Gasteiger partial charge in [-0.05, 0) is 38.0 Å². The minimum atomic E-state index is -0.400. The van der Waals surface area contributed by atoms with Gasteiger partial charge in [0.1, 0.15) is 5.75 Å². The number of aliphatic hydroxyl groups is 1. The SMILES string of the molecule is COc1cc(C(=O)NCCC(C)O)ccc1C. The van der Waals surface area contributed by atoms with Crippen LogP contribution in [0.3, 0.4) is 0 Å². The number of ether oxygens (including phenoxy) is 1. The fraction of sp³-hybridized carbons (Fsp3) is 0.462. The first kappa shape index (κ1) is 13.5. The maximum Gasteiger partial charge on any atom is 0.251 e. The molecule has 0 aromatic heterocycles. The van der Waals surface area contributed by atoms with Gasteiger partial charge >= 0.3 is 0 Å². The van der Waals surface area contributed by atoms with Crippen molar-refractivity contribution in [3.63, 3.8) is 0 Å². The summed E-state index contributed by atoms with van der Waals surface area (Å²) < 4.78 is 5.16. The Morgan fingerprint density at radius 2 is 2.24 bits per heavy atom. The molecule has 0 heterocycles. The van der Waals surface area contributed by atoms with Crippen LogP contribution >= 0.6 is 0 Å². The molecule has 1 aromatic carbocycles. The number of carbonyl (C=O) groups is 1. The molecule has 94 valence electrons. The lowest BCUT2D eigenvalue weighted by molar-refractivity contribution is 0.0945. The van der Waals surface area contributed by atoms with Gasteiger partial charge in [-0.25, -0.2) is 0 Å². The maximum absolute atomic E-state index is 11.8. The Labute approximate surface area is 102 Å². The number of hydrogen-bond acceptors (Lipinski definition) is 3. The van der Waals surface area contributed by atoms with E-state index in [9.17, 15) is 4.79 Å². The van der Waals surface area contributed by atoms with E-state index in [2.05, 4.69) is 5.32 Å². The van der Waals surface area contributed by atoms with E-state index in [-0.39, 0.29) is 5.91 Å². The Kier molecular flexibility index (Phi) is 4.97. The second-order valence-electron chi connectivity index (χ2n) is 4.08. The van der Waals surface area contributed by atoms with Crippen LogP contribution in [-0.2, 0) is 0 Å². The van der Waals surface area contributed by atoms with E-state index in [1.54, 1.807) is 26.2 Å². The number of methoxy groups -OCH3 is 1. The molecule has 0 spiro atoms. The minimum Gasteiger partial charge on any atom is -0.496 e. The summed E-state index contributed by atoms with van der Waals surface area (Å²) >= 11 is 0. The molecule has 0 saturated heterocycles. The van der Waals surface area contributed by atoms with Crippen molar-refractivity contribution in [3.05, 3.63) is 29.3 Å². The van der Waals surface area contributed by atoms with Crippen LogP contribution in [0.15, 0.2) is 18.2 Å². The lowest BCUT2D eigenvalue weighted by Gasteiger charge is -2.09. The summed E-state index contributed by atoms with van der Waals surface area (Å²) in [6.07, 6.45) is 0.150. The highest BCUT2D eigenvalue weighted by Gasteiger charge is 2.08. The first-order chi connectivity index (χ1) is 8.04. The molecule has 1 atom stereocenters. The second kappa shape index (κ2) is 6.25. The minimum absolute atomic E-state index is 0.149. The molecule has 0 saturated carbocycles. The van der Waals surface area contributed by atoms with E-state index in [1.165, 1.54) is 0 Å². The average molecular weight is 237 g/mol. The Bertz CT molecular complexity index is 388. The van der Waals surface area contributed by atoms with Crippen LogP contribution in [0.1, 0.15) is 29.3 Å². The van der Waals surface area contributed by atoms with Gasteiger partial charge in [0.05, 0.1) is 13.2 Å². The van der Waals surface area contributed by atoms with E-state index in [4.69, 9.17) is 9.84 Å². The van der Waals surface area contributed by atoms with Gasteiger partial charge in [0.15, 0.2) is 0 Å². The van der Waals surface area contributed by atoms with Gasteiger partial charge in [-0.3, -0.25) is 4.79 Å². The van der Waals surface area contributed by atoms with Gasteiger partial charge in [-0.2, -0.15) is 0 Å². The van der Waals surface area contributed by atoms with Crippen molar-refractivity contribution in [2.45, 2.75) is 26.4 Å². The summed E-state index contributed by atoms with van der Waals surface area (Å²) in [4.78, 5) is 11.8. The lowest BCUT2D eigenvalue weighted by Crippen LogP contribution is -2.26. The molecule has 0 aliphatic rings. The Hall–Kier alpha value is -1.55. The largest absolute Gasteiger partial charge is 0.496 e. The molecule has 2 N–H and O–H groups in total. The molecular weight excluding hydrogens is 218 g/mol. The van der Waals surface area contributed by atoms with E-state index in [0.717, 1.165) is 5.56 Å². The van der Waals surface area contributed by atoms with Gasteiger partial charge in [0.2, 0.25) is 0 Å². The second-order valence-corrected chi connectivity index (χ2v) is 4.08. The number of nitrogens with one attached hydrogen (secondary N) is 1. The van der Waals surface area contributed by atoms with Crippen LogP contribution in [-0.4, -0.2) is 30.8 Å². The third kappa shape index (κ3) is 4.07. The normalized spacial score (nSPS) is 12.0. The fourth-order valence-electron chi connectivity index (χ4n) is 1.46. The van der Waals surface area contributed by atoms with Gasteiger partial charge in [0.25, 0.3) is 5.91 Å². The predicted molar refractivity (Wildman–Crippen MR) is 66.4 cm³/mol. The smallest absolute Gasteiger partial charge is 0.251 e. The Morgan fingerprint density at radius 1 is 1.53 bits per heavy atom. The summed E-state index contributed by atoms with van der Waals surface area (Å²) in [6.45, 7) is 4.09. The van der Waals surface area contributed by atoms with Gasteiger partial charge in [-0.15, -0.1) is 0 Å². The zero-order valence-electron chi connectivity index (χ0n) is 10.5. The number of carbonyl (C=O) groups excluding carboxylic acids is 1. The van der Waals surface area contributed by atoms with Crippen LogP contribution in [0.25, 0.3) is 0 Å². The van der Waals surface area contributed by atoms with Crippen LogP contribution in [0.4, 0.5) is 0 Å². The number of benzene rings is 1. The van der Waals surface area contributed by atoms with Crippen LogP contribution in [0.5, 0.6) is 5.75 Å². The first-order valence-electron chi connectivity index (χ1n) is 5.65. The van der Waals surface area contributed by atoms with Crippen LogP contribution < -0.4 is 10.1 Å². The maximum atomic E-state index is 11.8. The van der Waals surface area contributed by atoms with Crippen LogP contribution in [0, 0.1) is 6.92 Å². The highest BCUT2D eigenvalue weighted by atomic mass is 16.5. The van der Waals surface area contributed by atoms with Crippen molar-refractivity contribution in [3.8, 4) is 5.75 Å². The van der Waals surface area contributed by atoms with Gasteiger partial charge in [0, 0.05) is 12.1 Å². The monoisotopic (exact) mass is 237 g/mol. The first-order valence-corrected chi connectivity index (χ1v) is 5.65. The van der Waals surface area contributed by atoms with E-state index in [1.807, 2.05) is 13.0 Å². The number of rotatable bonds is 5. The quantitative estimate of drug-likeness (QED) is 0.816. The Morgan fingerprint density at radius 3 is 2.82 bits per heavy atom. The van der Waals surface area contributed by atoms with Gasteiger partial charge in [-0.1, -0.05) is 6.07 Å². The third-order valence-corrected chi connectivity index (χ3v) is 2.52. The third-order valence-electron chi connectivity index (χ3n) is 2.52. The molecule has 1 rings (SSSR count). The zero-order valence-corrected chi connectivity index (χ0v) is 10.5. The molecule has 0 fully saturated rings. The summed E-state index contributed by atoms with van der Waals surface area (Å²) in [5.74, 6) is 0.553. The van der Waals surface area contributed by atoms with Crippen molar-refractivity contribution < 1.29 is 14.6 Å². The van der Waals surface area contributed by atoms with Crippen molar-refractivity contribution in [2.24, 2.45) is 0 Å². The molecule has 0 radical (unpaired) electrons. The molecule has 0 aliphatic carbocycles. The molecule has 4 nitrogen and oxygen atoms in total. The molecule has 1 unspecified atom stereocenters. The summed E-state index contributed by atoms with van der Waals surface area (Å²) in [7, 11) is 1.58. The summed E-state index contributed by atoms with van der Waals surface area (Å²) in [6, 6.07) is 5.32. The van der Waals surface area contributed by atoms with Crippen molar-refractivity contribution in [1.29, 1.82) is 0 Å². The lowest BCUT2D eigenvalue weighted by atomic mass is 10.1. The average Bonchev–Trinajstić information content (AvgIpc) is 2.29. The molecular formula is C13H19NO3. The van der Waals surface area contributed by atoms with Crippen molar-refractivity contribution >= 4 is 5.91 Å². The number of aryl methyl sites for hydroxylation is 1. The highest BCUT2D eigenvalue weighted by molar-refractivity contribution is 5.94. The molecule has 0 aliphatic heterocycles. The van der Waals surface area contributed by atoms with E-state index >= 15 is 0 Å². The fourth-order valence-corrected chi connectivity index (χ4v) is 1.46. The molecule has 4 heteroatoms. The highest BCUT2D eigenvalue weighted by Crippen LogP contribution is 2.18. The van der Waals surface area contributed by atoms with Crippen molar-refractivity contribution in [1.82, 2.24) is 5.32 Å². The van der Waals surface area contributed by atoms with Crippen molar-refractivity contribution in [2.75, 3.05) is 13.7 Å². The van der Waals surface area contributed by atoms with Gasteiger partial charge < -0.3 is 15.2 Å². The number of amides is 1. The van der Waals surface area contributed by atoms with E-state index in [0.29, 0.717) is 24.3 Å². The van der Waals surface area contributed by atoms with Crippen LogP contribution in [0.2, 0.25) is 0 Å². The standard InChI is InChI=1S/C13H19NO3/c1-9-4-5-11(8-12(9)17-3)13(16)14-7-6-10(2)15/h4-5,8,10,15H,6-7H2,1-3H3,(H,14,16).